The van der Waals surface area contributed by atoms with Gasteiger partial charge in [0.25, 0.3) is 0 Å². The summed E-state index contributed by atoms with van der Waals surface area (Å²) in [4.78, 5) is 15.9. The lowest BCUT2D eigenvalue weighted by atomic mass is 9.73. The molecule has 1 N–H and O–H groups in total. The lowest BCUT2D eigenvalue weighted by molar-refractivity contribution is -0.131. The van der Waals surface area contributed by atoms with Crippen molar-refractivity contribution in [2.75, 3.05) is 51.5 Å². The van der Waals surface area contributed by atoms with Crippen molar-refractivity contribution in [1.82, 2.24) is 5.32 Å². The number of morpholine rings is 1. The first-order valence-corrected chi connectivity index (χ1v) is 11.1. The quantitative estimate of drug-likeness (QED) is 0.770. The Balaban J connectivity index is 1.48. The van der Waals surface area contributed by atoms with E-state index in [0.717, 1.165) is 43.2 Å². The van der Waals surface area contributed by atoms with Crippen molar-refractivity contribution in [2.24, 2.45) is 0 Å². The van der Waals surface area contributed by atoms with Crippen LogP contribution in [0.1, 0.15) is 36.9 Å². The van der Waals surface area contributed by atoms with Crippen molar-refractivity contribution < 1.29 is 19.0 Å². The van der Waals surface area contributed by atoms with Crippen LogP contribution in [0.4, 0.5) is 5.69 Å². The molecule has 0 radical (unpaired) electrons. The molecule has 166 valence electrons. The second kappa shape index (κ2) is 9.71. The Hall–Kier alpha value is -2.57. The number of anilines is 1. The maximum atomic E-state index is 13.6. The van der Waals surface area contributed by atoms with E-state index in [-0.39, 0.29) is 11.9 Å². The molecule has 2 aromatic carbocycles. The molecule has 2 heterocycles. The van der Waals surface area contributed by atoms with E-state index in [0.29, 0.717) is 26.1 Å². The Bertz CT molecular complexity index is 854. The monoisotopic (exact) mass is 424 g/mol. The highest BCUT2D eigenvalue weighted by Gasteiger charge is 2.42. The van der Waals surface area contributed by atoms with Crippen LogP contribution in [0.15, 0.2) is 48.5 Å². The van der Waals surface area contributed by atoms with Gasteiger partial charge in [0.15, 0.2) is 0 Å². The minimum absolute atomic E-state index is 0.0609. The number of carbonyl (C=O) groups excluding carboxylic acids is 1. The number of nitrogens with zero attached hydrogens (tertiary/aromatic N) is 1. The Morgan fingerprint density at radius 3 is 2.19 bits per heavy atom. The molecule has 0 aromatic heterocycles. The second-order valence-corrected chi connectivity index (χ2v) is 8.31. The van der Waals surface area contributed by atoms with Crippen LogP contribution in [0.25, 0.3) is 0 Å². The maximum absolute atomic E-state index is 13.6. The average molecular weight is 425 g/mol. The molecule has 2 saturated heterocycles. The van der Waals surface area contributed by atoms with E-state index in [2.05, 4.69) is 34.5 Å². The molecule has 2 aliphatic rings. The van der Waals surface area contributed by atoms with Gasteiger partial charge in [0.2, 0.25) is 5.91 Å². The second-order valence-electron chi connectivity index (χ2n) is 8.31. The largest absolute Gasteiger partial charge is 0.497 e. The topological polar surface area (TPSA) is 60.0 Å². The van der Waals surface area contributed by atoms with Gasteiger partial charge in [-0.2, -0.15) is 0 Å². The van der Waals surface area contributed by atoms with Crippen LogP contribution >= 0.6 is 0 Å². The number of ether oxygens (including phenoxy) is 3. The zero-order valence-electron chi connectivity index (χ0n) is 18.4. The van der Waals surface area contributed by atoms with Gasteiger partial charge in [-0.3, -0.25) is 4.79 Å². The molecule has 0 spiro atoms. The highest BCUT2D eigenvalue weighted by molar-refractivity contribution is 5.88. The lowest BCUT2D eigenvalue weighted by Crippen LogP contribution is -2.48. The van der Waals surface area contributed by atoms with Crippen molar-refractivity contribution in [1.29, 1.82) is 0 Å². The first kappa shape index (κ1) is 21.7. The van der Waals surface area contributed by atoms with Crippen LogP contribution in [-0.4, -0.2) is 52.5 Å². The predicted molar refractivity (Wildman–Crippen MR) is 121 cm³/mol. The van der Waals surface area contributed by atoms with Gasteiger partial charge in [-0.1, -0.05) is 24.3 Å². The Labute approximate surface area is 184 Å². The van der Waals surface area contributed by atoms with Crippen LogP contribution in [0.5, 0.6) is 5.75 Å². The molecule has 0 aliphatic carbocycles. The zero-order chi connectivity index (χ0) is 21.7. The molecule has 0 bridgehead atoms. The van der Waals surface area contributed by atoms with Crippen LogP contribution in [0, 0.1) is 0 Å². The summed E-state index contributed by atoms with van der Waals surface area (Å²) in [7, 11) is 1.65. The van der Waals surface area contributed by atoms with Gasteiger partial charge in [-0.15, -0.1) is 0 Å². The molecule has 6 heteroatoms. The first-order valence-electron chi connectivity index (χ1n) is 11.1. The summed E-state index contributed by atoms with van der Waals surface area (Å²) in [6.45, 7) is 6.58. The number of carbonyl (C=O) groups is 1. The molecule has 6 nitrogen and oxygen atoms in total. The van der Waals surface area contributed by atoms with Crippen molar-refractivity contribution >= 4 is 11.6 Å². The average Bonchev–Trinajstić information content (AvgIpc) is 2.85. The number of benzene rings is 2. The van der Waals surface area contributed by atoms with Crippen LogP contribution in [-0.2, 0) is 19.7 Å². The Morgan fingerprint density at radius 1 is 0.968 bits per heavy atom. The first-order chi connectivity index (χ1) is 15.1. The van der Waals surface area contributed by atoms with Crippen molar-refractivity contribution in [3.8, 4) is 5.75 Å². The van der Waals surface area contributed by atoms with E-state index in [9.17, 15) is 4.79 Å². The van der Waals surface area contributed by atoms with Gasteiger partial charge in [-0.05, 0) is 55.2 Å². The summed E-state index contributed by atoms with van der Waals surface area (Å²) in [5.74, 6) is 0.853. The molecule has 1 amide bonds. The number of nitrogens with one attached hydrogen (secondary N) is 1. The summed E-state index contributed by atoms with van der Waals surface area (Å²) in [5, 5.41) is 3.27. The van der Waals surface area contributed by atoms with Gasteiger partial charge < -0.3 is 24.4 Å². The van der Waals surface area contributed by atoms with E-state index in [4.69, 9.17) is 14.2 Å². The SMILES string of the molecule is COc1ccc(C2(C(=O)N[C@@H](C)c3ccc(N4CCOCC4)cc3)CCOCC2)cc1. The molecule has 2 aliphatic heterocycles. The van der Waals surface area contributed by atoms with Crippen LogP contribution in [0.3, 0.4) is 0 Å². The normalized spacial score (nSPS) is 19.5. The standard InChI is InChI=1S/C25H32N2O4/c1-19(20-3-7-22(8-4-20)27-13-17-31-18-14-27)26-24(28)25(11-15-30-16-12-25)21-5-9-23(29-2)10-6-21/h3-10,19H,11-18H2,1-2H3,(H,26,28)/t19-/m0/s1. The molecular weight excluding hydrogens is 392 g/mol. The van der Waals surface area contributed by atoms with E-state index < -0.39 is 5.41 Å². The minimum Gasteiger partial charge on any atom is -0.497 e. The van der Waals surface area contributed by atoms with E-state index in [1.807, 2.05) is 31.2 Å². The third-order valence-electron chi connectivity index (χ3n) is 6.54. The highest BCUT2D eigenvalue weighted by Crippen LogP contribution is 2.36. The van der Waals surface area contributed by atoms with E-state index in [1.54, 1.807) is 7.11 Å². The van der Waals surface area contributed by atoms with Crippen LogP contribution in [0.2, 0.25) is 0 Å². The van der Waals surface area contributed by atoms with Gasteiger partial charge in [0.05, 0.1) is 31.8 Å². The smallest absolute Gasteiger partial charge is 0.231 e. The fraction of sp³-hybridized carbons (Fsp3) is 0.480. The zero-order valence-corrected chi connectivity index (χ0v) is 18.4. The summed E-state index contributed by atoms with van der Waals surface area (Å²) in [6.07, 6.45) is 1.35. The van der Waals surface area contributed by atoms with Gasteiger partial charge in [0, 0.05) is 32.0 Å². The molecular formula is C25H32N2O4. The summed E-state index contributed by atoms with van der Waals surface area (Å²) in [5.41, 5.74) is 2.74. The number of methoxy groups -OCH3 is 1. The fourth-order valence-corrected chi connectivity index (χ4v) is 4.49. The highest BCUT2D eigenvalue weighted by atomic mass is 16.5. The maximum Gasteiger partial charge on any atom is 0.231 e. The van der Waals surface area contributed by atoms with Gasteiger partial charge in [-0.25, -0.2) is 0 Å². The summed E-state index contributed by atoms with van der Waals surface area (Å²) < 4.78 is 16.3. The van der Waals surface area contributed by atoms with E-state index in [1.165, 1.54) is 5.69 Å². The molecule has 1 atom stereocenters. The van der Waals surface area contributed by atoms with Gasteiger partial charge in [0.1, 0.15) is 5.75 Å². The number of hydrogen-bond acceptors (Lipinski definition) is 5. The molecule has 2 aromatic rings. The Morgan fingerprint density at radius 2 is 1.58 bits per heavy atom. The fourth-order valence-electron chi connectivity index (χ4n) is 4.49. The summed E-state index contributed by atoms with van der Waals surface area (Å²) >= 11 is 0. The molecule has 2 fully saturated rings. The van der Waals surface area contributed by atoms with Crippen molar-refractivity contribution in [3.63, 3.8) is 0 Å². The third kappa shape index (κ3) is 4.70. The Kier molecular flexibility index (Phi) is 6.78. The van der Waals surface area contributed by atoms with Gasteiger partial charge >= 0.3 is 0 Å². The third-order valence-corrected chi connectivity index (χ3v) is 6.54. The predicted octanol–water partition coefficient (Wildman–Crippen LogP) is 3.46. The number of amides is 1. The van der Waals surface area contributed by atoms with E-state index >= 15 is 0 Å². The molecule has 31 heavy (non-hydrogen) atoms. The number of rotatable bonds is 6. The van der Waals surface area contributed by atoms with Crippen molar-refractivity contribution in [2.45, 2.75) is 31.2 Å². The lowest BCUT2D eigenvalue weighted by Gasteiger charge is -2.37. The minimum atomic E-state index is -0.577. The van der Waals surface area contributed by atoms with Crippen LogP contribution < -0.4 is 15.0 Å². The molecule has 0 saturated carbocycles. The summed E-state index contributed by atoms with van der Waals surface area (Å²) in [6, 6.07) is 16.3. The molecule has 0 unspecified atom stereocenters. The number of hydrogen-bond donors (Lipinski definition) is 1. The molecule has 4 rings (SSSR count). The van der Waals surface area contributed by atoms with Crippen molar-refractivity contribution in [3.05, 3.63) is 59.7 Å².